The quantitative estimate of drug-likeness (QED) is 0.251. The molecule has 38 heavy (non-hydrogen) atoms. The zero-order chi connectivity index (χ0) is 26.3. The van der Waals surface area contributed by atoms with E-state index in [1.807, 2.05) is 36.4 Å². The number of methoxy groups -OCH3 is 1. The number of ether oxygens (including phenoxy) is 1. The molecule has 0 bridgehead atoms. The number of hydrogen-bond donors (Lipinski definition) is 4. The summed E-state index contributed by atoms with van der Waals surface area (Å²) in [5.41, 5.74) is 3.71. The van der Waals surface area contributed by atoms with Crippen LogP contribution in [0.2, 0.25) is 0 Å². The molecule has 9 heteroatoms. The van der Waals surface area contributed by atoms with Crippen LogP contribution in [0.3, 0.4) is 0 Å². The maximum Gasteiger partial charge on any atom is 0.279 e. The molecule has 5 rings (SSSR count). The summed E-state index contributed by atoms with van der Waals surface area (Å²) in [6, 6.07) is 11.9. The van der Waals surface area contributed by atoms with E-state index in [0.717, 1.165) is 94.7 Å². The first-order valence-electron chi connectivity index (χ1n) is 14.0. The van der Waals surface area contributed by atoms with Crippen LogP contribution in [-0.4, -0.2) is 61.7 Å². The fraction of sp³-hybridized carbons (Fsp3) is 0.552. The van der Waals surface area contributed by atoms with E-state index in [0.29, 0.717) is 28.4 Å². The van der Waals surface area contributed by atoms with E-state index in [2.05, 4.69) is 20.3 Å². The molecule has 0 radical (unpaired) electrons. The van der Waals surface area contributed by atoms with Crippen LogP contribution < -0.4 is 20.3 Å². The predicted octanol–water partition coefficient (Wildman–Crippen LogP) is 4.99. The minimum atomic E-state index is -0.179. The average molecular weight is 537 g/mol. The zero-order valence-electron chi connectivity index (χ0n) is 22.3. The lowest BCUT2D eigenvalue weighted by atomic mass is 9.79. The standard InChI is InChI=1S/C29H40N6O2S/c1-37-19-20-12-16-35(17-13-20)25-18-24(29(36)34-38-23-10-14-31-15-11-23)33-28(32-22-8-3-2-4-9-22)26(25)27(30)21-6-5-7-21/h2-4,8-9,18,20-21,23,30-31H,5-7,10-17,19H2,1H3,(H,32,33)(H,34,36). The summed E-state index contributed by atoms with van der Waals surface area (Å²) in [7, 11) is 1.77. The fourth-order valence-electron chi connectivity index (χ4n) is 5.49. The minimum Gasteiger partial charge on any atom is -0.384 e. The van der Waals surface area contributed by atoms with E-state index in [9.17, 15) is 10.2 Å². The Hall–Kier alpha value is -2.62. The van der Waals surface area contributed by atoms with Gasteiger partial charge in [-0.3, -0.25) is 9.52 Å². The van der Waals surface area contributed by atoms with Crippen LogP contribution in [0.4, 0.5) is 17.2 Å². The van der Waals surface area contributed by atoms with Crippen molar-refractivity contribution in [3.8, 4) is 0 Å². The molecule has 1 aliphatic carbocycles. The van der Waals surface area contributed by atoms with Crippen LogP contribution in [0.25, 0.3) is 0 Å². The largest absolute Gasteiger partial charge is 0.384 e. The Morgan fingerprint density at radius 1 is 1.13 bits per heavy atom. The predicted molar refractivity (Wildman–Crippen MR) is 156 cm³/mol. The van der Waals surface area contributed by atoms with Crippen LogP contribution in [0.5, 0.6) is 0 Å². The van der Waals surface area contributed by atoms with E-state index in [4.69, 9.17) is 9.72 Å². The first-order valence-corrected chi connectivity index (χ1v) is 14.9. The number of pyridine rings is 1. The van der Waals surface area contributed by atoms with Crippen molar-refractivity contribution in [3.63, 3.8) is 0 Å². The van der Waals surface area contributed by atoms with Gasteiger partial charge in [0.25, 0.3) is 5.91 Å². The second kappa shape index (κ2) is 13.0. The van der Waals surface area contributed by atoms with Gasteiger partial charge in [0.2, 0.25) is 0 Å². The van der Waals surface area contributed by atoms with Crippen LogP contribution >= 0.6 is 11.9 Å². The normalized spacial score (nSPS) is 19.1. The van der Waals surface area contributed by atoms with Crippen LogP contribution in [-0.2, 0) is 4.74 Å². The number of nitrogens with one attached hydrogen (secondary N) is 4. The minimum absolute atomic E-state index is 0.179. The molecule has 1 amide bonds. The smallest absolute Gasteiger partial charge is 0.279 e. The third-order valence-electron chi connectivity index (χ3n) is 8.01. The van der Waals surface area contributed by atoms with Gasteiger partial charge in [0.05, 0.1) is 11.3 Å². The maximum absolute atomic E-state index is 13.4. The van der Waals surface area contributed by atoms with Gasteiger partial charge in [-0.25, -0.2) is 4.98 Å². The molecule has 0 spiro atoms. The number of amides is 1. The van der Waals surface area contributed by atoms with Crippen molar-refractivity contribution in [2.24, 2.45) is 11.8 Å². The van der Waals surface area contributed by atoms with Crippen LogP contribution in [0, 0.1) is 17.2 Å². The van der Waals surface area contributed by atoms with Gasteiger partial charge in [0.15, 0.2) is 0 Å². The summed E-state index contributed by atoms with van der Waals surface area (Å²) in [4.78, 5) is 20.6. The molecule has 0 unspecified atom stereocenters. The van der Waals surface area contributed by atoms with Crippen molar-refractivity contribution in [2.75, 3.05) is 50.1 Å². The molecule has 3 fully saturated rings. The van der Waals surface area contributed by atoms with Gasteiger partial charge in [0.1, 0.15) is 11.5 Å². The van der Waals surface area contributed by atoms with Crippen molar-refractivity contribution in [3.05, 3.63) is 47.7 Å². The van der Waals surface area contributed by atoms with Crippen LogP contribution in [0.1, 0.15) is 61.0 Å². The zero-order valence-corrected chi connectivity index (χ0v) is 23.1. The van der Waals surface area contributed by atoms with Crippen molar-refractivity contribution in [1.82, 2.24) is 15.0 Å². The van der Waals surface area contributed by atoms with Crippen molar-refractivity contribution in [2.45, 2.75) is 50.2 Å². The molecular formula is C29H40N6O2S. The Kier molecular flexibility index (Phi) is 9.19. The molecular weight excluding hydrogens is 496 g/mol. The highest BCUT2D eigenvalue weighted by Gasteiger charge is 2.31. The average Bonchev–Trinajstić information content (AvgIpc) is 2.92. The second-order valence-corrected chi connectivity index (χ2v) is 11.8. The number of benzene rings is 1. The Labute approximate surface area is 230 Å². The van der Waals surface area contributed by atoms with Gasteiger partial charge >= 0.3 is 0 Å². The lowest BCUT2D eigenvalue weighted by molar-refractivity contribution is 0.0979. The second-order valence-electron chi connectivity index (χ2n) is 10.7. The number of nitrogens with zero attached hydrogens (tertiary/aromatic N) is 2. The lowest BCUT2D eigenvalue weighted by Gasteiger charge is -2.36. The highest BCUT2D eigenvalue weighted by molar-refractivity contribution is 7.98. The van der Waals surface area contributed by atoms with Crippen molar-refractivity contribution >= 4 is 40.8 Å². The number of carbonyl (C=O) groups excluding carboxylic acids is 1. The molecule has 1 aromatic heterocycles. The fourth-order valence-corrected chi connectivity index (χ4v) is 6.34. The first kappa shape index (κ1) is 27.0. The molecule has 1 aromatic carbocycles. The third-order valence-corrected chi connectivity index (χ3v) is 9.12. The summed E-state index contributed by atoms with van der Waals surface area (Å²) >= 11 is 1.52. The van der Waals surface area contributed by atoms with Crippen molar-refractivity contribution in [1.29, 1.82) is 5.41 Å². The van der Waals surface area contributed by atoms with Gasteiger partial charge in [-0.1, -0.05) is 24.6 Å². The Morgan fingerprint density at radius 2 is 1.87 bits per heavy atom. The molecule has 3 heterocycles. The monoisotopic (exact) mass is 536 g/mol. The number of carbonyl (C=O) groups is 1. The topological polar surface area (TPSA) is 102 Å². The van der Waals surface area contributed by atoms with Gasteiger partial charge in [-0.15, -0.1) is 0 Å². The number of anilines is 3. The van der Waals surface area contributed by atoms with E-state index in [1.165, 1.54) is 11.9 Å². The molecule has 2 saturated heterocycles. The summed E-state index contributed by atoms with van der Waals surface area (Å²) < 4.78 is 8.50. The Morgan fingerprint density at radius 3 is 2.53 bits per heavy atom. The molecule has 3 aliphatic rings. The van der Waals surface area contributed by atoms with Crippen molar-refractivity contribution < 1.29 is 9.53 Å². The van der Waals surface area contributed by atoms with Gasteiger partial charge in [-0.2, -0.15) is 0 Å². The van der Waals surface area contributed by atoms with Crippen LogP contribution in [0.15, 0.2) is 36.4 Å². The molecule has 2 aromatic rings. The number of piperidine rings is 2. The molecule has 4 N–H and O–H groups in total. The van der Waals surface area contributed by atoms with Gasteiger partial charge in [0, 0.05) is 49.4 Å². The molecule has 8 nitrogen and oxygen atoms in total. The summed E-state index contributed by atoms with van der Waals surface area (Å²) in [5, 5.41) is 16.5. The number of para-hydroxylation sites is 1. The lowest BCUT2D eigenvalue weighted by Crippen LogP contribution is -2.37. The third kappa shape index (κ3) is 6.50. The Balaban J connectivity index is 1.48. The highest BCUT2D eigenvalue weighted by atomic mass is 32.2. The summed E-state index contributed by atoms with van der Waals surface area (Å²) in [6.07, 6.45) is 7.37. The summed E-state index contributed by atoms with van der Waals surface area (Å²) in [5.74, 6) is 1.20. The maximum atomic E-state index is 13.4. The first-order chi connectivity index (χ1) is 18.6. The van der Waals surface area contributed by atoms with Gasteiger partial charge in [-0.05, 0) is 87.7 Å². The molecule has 204 valence electrons. The van der Waals surface area contributed by atoms with E-state index in [-0.39, 0.29) is 11.8 Å². The summed E-state index contributed by atoms with van der Waals surface area (Å²) in [6.45, 7) is 4.49. The highest BCUT2D eigenvalue weighted by Crippen LogP contribution is 2.38. The number of hydrogen-bond acceptors (Lipinski definition) is 8. The Bertz CT molecular complexity index is 1100. The van der Waals surface area contributed by atoms with E-state index in [1.54, 1.807) is 7.11 Å². The SMILES string of the molecule is COCC1CCN(c2cc(C(=O)NSC3CCNCC3)nc(Nc3ccccc3)c2C(=N)C2CCC2)CC1. The van der Waals surface area contributed by atoms with Gasteiger partial charge < -0.3 is 25.7 Å². The van der Waals surface area contributed by atoms with E-state index >= 15 is 0 Å². The number of rotatable bonds is 10. The molecule has 1 saturated carbocycles. The van der Waals surface area contributed by atoms with E-state index < -0.39 is 0 Å². The number of aromatic nitrogens is 1. The molecule has 2 aliphatic heterocycles. The molecule has 0 atom stereocenters.